The summed E-state index contributed by atoms with van der Waals surface area (Å²) in [4.78, 5) is 36.1. The van der Waals surface area contributed by atoms with Crippen molar-refractivity contribution in [2.75, 3.05) is 24.8 Å². The molecule has 0 atom stereocenters. The molecule has 0 aromatic heterocycles. The Morgan fingerprint density at radius 2 is 1.87 bits per heavy atom. The fraction of sp³-hybridized carbons (Fsp3) is 0.350. The van der Waals surface area contributed by atoms with E-state index in [0.29, 0.717) is 22.6 Å². The molecule has 0 saturated carbocycles. The van der Waals surface area contributed by atoms with Crippen LogP contribution in [-0.2, 0) is 22.7 Å². The first-order valence-corrected chi connectivity index (χ1v) is 9.65. The van der Waals surface area contributed by atoms with Crippen LogP contribution < -0.4 is 9.64 Å². The summed E-state index contributed by atoms with van der Waals surface area (Å²) in [6.45, 7) is 1.29. The molecule has 31 heavy (non-hydrogen) atoms. The summed E-state index contributed by atoms with van der Waals surface area (Å²) in [6.07, 6.45) is 1.92. The molecule has 11 heteroatoms. The van der Waals surface area contributed by atoms with Crippen LogP contribution in [-0.4, -0.2) is 35.7 Å². The van der Waals surface area contributed by atoms with Crippen molar-refractivity contribution in [3.05, 3.63) is 67.3 Å². The second kappa shape index (κ2) is 8.56. The van der Waals surface area contributed by atoms with E-state index in [9.17, 15) is 25.0 Å². The van der Waals surface area contributed by atoms with Crippen LogP contribution in [0.5, 0.6) is 5.75 Å². The van der Waals surface area contributed by atoms with Gasteiger partial charge in [-0.05, 0) is 25.0 Å². The molecule has 2 aromatic carbocycles. The van der Waals surface area contributed by atoms with Crippen LogP contribution in [0.3, 0.4) is 0 Å². The van der Waals surface area contributed by atoms with Crippen LogP contribution in [0.1, 0.15) is 34.3 Å². The lowest BCUT2D eigenvalue weighted by Gasteiger charge is -2.20. The van der Waals surface area contributed by atoms with Crippen LogP contribution in [0.25, 0.3) is 0 Å². The molecule has 11 nitrogen and oxygen atoms in total. The number of fused-ring (bicyclic) bond motifs is 1. The topological polar surface area (TPSA) is 134 Å². The lowest BCUT2D eigenvalue weighted by atomic mass is 10.1. The molecule has 2 aromatic rings. The van der Waals surface area contributed by atoms with Gasteiger partial charge in [0.2, 0.25) is 0 Å². The second-order valence-electron chi connectivity index (χ2n) is 7.19. The van der Waals surface area contributed by atoms with E-state index in [2.05, 4.69) is 0 Å². The number of anilines is 1. The molecule has 1 saturated heterocycles. The Morgan fingerprint density at radius 1 is 1.10 bits per heavy atom. The molecule has 0 N–H and O–H groups in total. The lowest BCUT2D eigenvalue weighted by molar-refractivity contribution is -0.385. The lowest BCUT2D eigenvalue weighted by Crippen LogP contribution is -2.19. The molecular weight excluding hydrogens is 410 g/mol. The number of hydrogen-bond donors (Lipinski definition) is 0. The van der Waals surface area contributed by atoms with Crippen molar-refractivity contribution in [1.29, 1.82) is 0 Å². The Balaban J connectivity index is 1.55. The van der Waals surface area contributed by atoms with Crippen LogP contribution >= 0.6 is 0 Å². The van der Waals surface area contributed by atoms with Gasteiger partial charge in [-0.25, -0.2) is 4.79 Å². The SMILES string of the molecule is O=C(OCc1cc([N+](=O)[O-])cc2c1OCOC2)c1ccc(N2CCCC2)c([N+](=O)[O-])c1. The maximum absolute atomic E-state index is 12.6. The Kier molecular flexibility index (Phi) is 5.67. The zero-order valence-electron chi connectivity index (χ0n) is 16.4. The number of carbonyl (C=O) groups excluding carboxylic acids is 1. The van der Waals surface area contributed by atoms with E-state index in [1.165, 1.54) is 24.3 Å². The fourth-order valence-electron chi connectivity index (χ4n) is 3.74. The van der Waals surface area contributed by atoms with Gasteiger partial charge in [-0.3, -0.25) is 20.2 Å². The van der Waals surface area contributed by atoms with Gasteiger partial charge in [-0.15, -0.1) is 0 Å². The average molecular weight is 429 g/mol. The molecular formula is C20H19N3O8. The van der Waals surface area contributed by atoms with Gasteiger partial charge in [-0.2, -0.15) is 0 Å². The third kappa shape index (κ3) is 4.26. The Hall–Kier alpha value is -3.73. The number of nitrogens with zero attached hydrogens (tertiary/aromatic N) is 3. The van der Waals surface area contributed by atoms with Gasteiger partial charge in [0.05, 0.1) is 22.0 Å². The first kappa shape index (κ1) is 20.5. The van der Waals surface area contributed by atoms with Crippen molar-refractivity contribution in [1.82, 2.24) is 0 Å². The zero-order chi connectivity index (χ0) is 22.0. The minimum atomic E-state index is -0.775. The fourth-order valence-corrected chi connectivity index (χ4v) is 3.74. The highest BCUT2D eigenvalue weighted by Crippen LogP contribution is 2.34. The van der Waals surface area contributed by atoms with Crippen LogP contribution in [0, 0.1) is 20.2 Å². The van der Waals surface area contributed by atoms with Gasteiger partial charge in [0, 0.05) is 42.4 Å². The molecule has 0 unspecified atom stereocenters. The van der Waals surface area contributed by atoms with E-state index < -0.39 is 15.8 Å². The third-order valence-corrected chi connectivity index (χ3v) is 5.20. The molecule has 0 spiro atoms. The predicted molar refractivity (Wildman–Crippen MR) is 107 cm³/mol. The van der Waals surface area contributed by atoms with E-state index in [0.717, 1.165) is 25.9 Å². The maximum atomic E-state index is 12.6. The normalized spacial score (nSPS) is 15.2. The number of esters is 1. The predicted octanol–water partition coefficient (Wildman–Crippen LogP) is 3.33. The third-order valence-electron chi connectivity index (χ3n) is 5.20. The number of benzene rings is 2. The first-order valence-electron chi connectivity index (χ1n) is 9.65. The first-order chi connectivity index (χ1) is 14.9. The van der Waals surface area contributed by atoms with E-state index in [1.54, 1.807) is 6.07 Å². The minimum absolute atomic E-state index is 0.0179. The Bertz CT molecular complexity index is 1050. The molecule has 0 aliphatic carbocycles. The number of hydrogen-bond acceptors (Lipinski definition) is 9. The van der Waals surface area contributed by atoms with Crippen LogP contribution in [0.15, 0.2) is 30.3 Å². The van der Waals surface area contributed by atoms with Gasteiger partial charge in [0.1, 0.15) is 18.0 Å². The molecule has 0 radical (unpaired) electrons. The van der Waals surface area contributed by atoms with Gasteiger partial charge in [0.15, 0.2) is 6.79 Å². The van der Waals surface area contributed by atoms with E-state index in [-0.39, 0.29) is 36.9 Å². The number of carbonyl (C=O) groups is 1. The average Bonchev–Trinajstić information content (AvgIpc) is 3.31. The monoisotopic (exact) mass is 429 g/mol. The molecule has 2 heterocycles. The molecule has 2 aliphatic rings. The maximum Gasteiger partial charge on any atom is 0.338 e. The quantitative estimate of drug-likeness (QED) is 0.385. The molecule has 0 bridgehead atoms. The summed E-state index contributed by atoms with van der Waals surface area (Å²) >= 11 is 0. The van der Waals surface area contributed by atoms with E-state index in [1.807, 2.05) is 4.90 Å². The van der Waals surface area contributed by atoms with Gasteiger partial charge in [-0.1, -0.05) is 0 Å². The number of non-ortho nitro benzene ring substituents is 1. The van der Waals surface area contributed by atoms with E-state index in [4.69, 9.17) is 14.2 Å². The summed E-state index contributed by atoms with van der Waals surface area (Å²) in [5.41, 5.74) is 0.966. The summed E-state index contributed by atoms with van der Waals surface area (Å²) in [5, 5.41) is 22.7. The highest BCUT2D eigenvalue weighted by Gasteiger charge is 2.25. The summed E-state index contributed by atoms with van der Waals surface area (Å²) in [6, 6.07) is 6.85. The van der Waals surface area contributed by atoms with Crippen LogP contribution in [0.4, 0.5) is 17.1 Å². The largest absolute Gasteiger partial charge is 0.467 e. The van der Waals surface area contributed by atoms with E-state index >= 15 is 0 Å². The van der Waals surface area contributed by atoms with Crippen LogP contribution in [0.2, 0.25) is 0 Å². The highest BCUT2D eigenvalue weighted by atomic mass is 16.7. The zero-order valence-corrected chi connectivity index (χ0v) is 16.4. The molecule has 162 valence electrons. The van der Waals surface area contributed by atoms with Crippen molar-refractivity contribution in [3.8, 4) is 5.75 Å². The Morgan fingerprint density at radius 3 is 2.58 bits per heavy atom. The number of ether oxygens (including phenoxy) is 3. The van der Waals surface area contributed by atoms with Crippen molar-refractivity contribution in [2.24, 2.45) is 0 Å². The van der Waals surface area contributed by atoms with Crippen molar-refractivity contribution < 1.29 is 28.9 Å². The van der Waals surface area contributed by atoms with Crippen molar-refractivity contribution in [2.45, 2.75) is 26.1 Å². The molecule has 4 rings (SSSR count). The minimum Gasteiger partial charge on any atom is -0.467 e. The molecule has 2 aliphatic heterocycles. The van der Waals surface area contributed by atoms with Gasteiger partial charge >= 0.3 is 5.97 Å². The number of rotatable bonds is 6. The van der Waals surface area contributed by atoms with Gasteiger partial charge in [0.25, 0.3) is 11.4 Å². The molecule has 0 amide bonds. The standard InChI is InChI=1S/C20H19N3O8/c24-20(13-3-4-17(18(9-13)23(27)28)21-5-1-2-6-21)30-11-15-8-16(22(25)26)7-14-10-29-12-31-19(14)15/h3-4,7-9H,1-2,5-6,10-12H2. The second-order valence-corrected chi connectivity index (χ2v) is 7.19. The number of nitro groups is 2. The smallest absolute Gasteiger partial charge is 0.338 e. The Labute approximate surface area is 176 Å². The number of nitro benzene ring substituents is 2. The van der Waals surface area contributed by atoms with Crippen molar-refractivity contribution in [3.63, 3.8) is 0 Å². The van der Waals surface area contributed by atoms with Crippen molar-refractivity contribution >= 4 is 23.0 Å². The highest BCUT2D eigenvalue weighted by molar-refractivity contribution is 5.91. The van der Waals surface area contributed by atoms with Gasteiger partial charge < -0.3 is 19.1 Å². The summed E-state index contributed by atoms with van der Waals surface area (Å²) in [7, 11) is 0. The summed E-state index contributed by atoms with van der Waals surface area (Å²) in [5.74, 6) is -0.400. The molecule has 1 fully saturated rings. The summed E-state index contributed by atoms with van der Waals surface area (Å²) < 4.78 is 15.9.